The predicted octanol–water partition coefficient (Wildman–Crippen LogP) is 1.92. The zero-order valence-electron chi connectivity index (χ0n) is 26.5. The summed E-state index contributed by atoms with van der Waals surface area (Å²) in [6.45, 7) is -13.7. The Bertz CT molecular complexity index is 1230. The summed E-state index contributed by atoms with van der Waals surface area (Å²) in [6, 6.07) is -3.46. The SMILES string of the molecule is [2H]c1[nH]c2c([2H])c([2H])c(C[C@@H]3NC(=O)OC3([2H])[2H])c([2H])c2c1C([2H])([2H])C([2H])([2H])N(C([2H])([2H])[2H])C([2H])([2H])[2H]. The highest BCUT2D eigenvalue weighted by atomic mass is 16.6. The Morgan fingerprint density at radius 3 is 3.29 bits per heavy atom. The van der Waals surface area contributed by atoms with Gasteiger partial charge in [-0.25, -0.2) is 4.79 Å². The third-order valence-electron chi connectivity index (χ3n) is 2.71. The predicted molar refractivity (Wildman–Crippen MR) is 82.5 cm³/mol. The van der Waals surface area contributed by atoms with E-state index in [2.05, 4.69) is 15.0 Å². The molecule has 21 heavy (non-hydrogen) atoms. The standard InChI is InChI=1S/C16H21N3O2/c1-19(2)6-5-12-9-17-15-4-3-11(8-14(12)15)7-13-10-21-16(20)18-13/h3-4,8-9,13,17H,5-7,10H2,1-2H3,(H,18,20)/t13-/m0/s1/i1D3,2D3,3D,4D,5D2,6D2,8D,9D,10D2. The molecule has 1 amide bonds. The Morgan fingerprint density at radius 2 is 2.52 bits per heavy atom. The monoisotopic (exact) mass is 303 g/mol. The van der Waals surface area contributed by atoms with Crippen LogP contribution in [0.25, 0.3) is 10.9 Å². The van der Waals surface area contributed by atoms with Crippen molar-refractivity contribution in [2.24, 2.45) is 0 Å². The molecule has 2 heterocycles. The molecule has 2 aromatic rings. The number of carbonyl (C=O) groups excluding carboxylic acids is 1. The maximum Gasteiger partial charge on any atom is 0.407 e. The number of amides is 1. The number of nitrogens with one attached hydrogen (secondary N) is 2. The minimum absolute atomic E-state index is 0.378. The number of likely N-dealkylation sites (N-methyl/N-ethyl adjacent to an activating group) is 1. The number of H-pyrrole nitrogens is 1. The van der Waals surface area contributed by atoms with Crippen molar-refractivity contribution >= 4 is 17.0 Å². The van der Waals surface area contributed by atoms with Crippen LogP contribution in [0, 0.1) is 0 Å². The summed E-state index contributed by atoms with van der Waals surface area (Å²) in [5, 5.41) is 1.56. The molecule has 2 N–H and O–H groups in total. The van der Waals surface area contributed by atoms with Gasteiger partial charge < -0.3 is 19.9 Å². The number of aromatic amines is 1. The number of aryl methyl sites for hydroxylation is 1. The van der Waals surface area contributed by atoms with Gasteiger partial charge >= 0.3 is 6.09 Å². The molecule has 0 saturated carbocycles. The Morgan fingerprint density at radius 1 is 1.62 bits per heavy atom. The Labute approximate surface area is 146 Å². The van der Waals surface area contributed by atoms with E-state index >= 15 is 0 Å². The van der Waals surface area contributed by atoms with E-state index in [1.807, 2.05) is 0 Å². The third kappa shape index (κ3) is 3.19. The van der Waals surface area contributed by atoms with E-state index in [4.69, 9.17) is 21.9 Å². The van der Waals surface area contributed by atoms with Gasteiger partial charge in [-0.3, -0.25) is 0 Å². The number of aromatic nitrogens is 1. The molecule has 1 fully saturated rings. The van der Waals surface area contributed by atoms with Gasteiger partial charge in [-0.15, -0.1) is 0 Å². The fourth-order valence-electron chi connectivity index (χ4n) is 1.84. The fourth-order valence-corrected chi connectivity index (χ4v) is 1.84. The molecule has 5 nitrogen and oxygen atoms in total. The molecule has 1 aliphatic heterocycles. The van der Waals surface area contributed by atoms with Crippen molar-refractivity contribution in [1.82, 2.24) is 15.2 Å². The number of rotatable bonds is 5. The molecule has 0 bridgehead atoms. The van der Waals surface area contributed by atoms with Gasteiger partial charge in [-0.05, 0) is 50.0 Å². The first kappa shape index (κ1) is 4.49. The van der Waals surface area contributed by atoms with Crippen molar-refractivity contribution in [3.05, 3.63) is 35.4 Å². The number of hydrogen-bond donors (Lipinski definition) is 2. The van der Waals surface area contributed by atoms with E-state index < -0.39 is 97.6 Å². The highest BCUT2D eigenvalue weighted by Gasteiger charge is 2.22. The summed E-state index contributed by atoms with van der Waals surface area (Å²) in [4.78, 5) is 13.2. The average Bonchev–Trinajstić information content (AvgIpc) is 3.15. The van der Waals surface area contributed by atoms with Gasteiger partial charge in [-0.2, -0.15) is 0 Å². The van der Waals surface area contributed by atoms with Crippen LogP contribution in [0.2, 0.25) is 0 Å². The quantitative estimate of drug-likeness (QED) is 0.887. The molecule has 1 aromatic heterocycles. The lowest BCUT2D eigenvalue weighted by molar-refractivity contribution is 0.177. The molecule has 3 rings (SSSR count). The molecule has 0 aliphatic carbocycles. The number of alkyl carbamates (subject to hydrolysis) is 1. The molecule has 1 saturated heterocycles. The number of carbonyl (C=O) groups is 1. The zero-order chi connectivity index (χ0) is 28.7. The molecule has 1 aliphatic rings. The van der Waals surface area contributed by atoms with E-state index in [1.165, 1.54) is 0 Å². The molecule has 112 valence electrons. The summed E-state index contributed by atoms with van der Waals surface area (Å²) < 4.78 is 132. The first-order chi connectivity index (χ1) is 16.5. The second-order valence-electron chi connectivity index (χ2n) is 4.21. The van der Waals surface area contributed by atoms with Crippen LogP contribution >= 0.6 is 0 Å². The maximum absolute atomic E-state index is 11.5. The van der Waals surface area contributed by atoms with Gasteiger partial charge in [0.05, 0.1) is 14.3 Å². The van der Waals surface area contributed by atoms with Crippen LogP contribution in [0.3, 0.4) is 0 Å². The van der Waals surface area contributed by atoms with Gasteiger partial charge in [0.1, 0.15) is 6.56 Å². The van der Waals surface area contributed by atoms with Crippen LogP contribution in [0.15, 0.2) is 24.3 Å². The molecule has 1 aromatic carbocycles. The van der Waals surface area contributed by atoms with Crippen LogP contribution in [-0.2, 0) is 17.5 Å². The van der Waals surface area contributed by atoms with Gasteiger partial charge in [0, 0.05) is 37.3 Å². The van der Waals surface area contributed by atoms with Crippen LogP contribution in [0.1, 0.15) is 33.1 Å². The third-order valence-corrected chi connectivity index (χ3v) is 2.71. The first-order valence-corrected chi connectivity index (χ1v) is 5.87. The normalized spacial score (nSPS) is 34.3. The summed E-state index contributed by atoms with van der Waals surface area (Å²) in [7, 11) is 0. The van der Waals surface area contributed by atoms with Crippen molar-refractivity contribution < 1.29 is 31.5 Å². The minimum Gasteiger partial charge on any atom is -0.447 e. The Hall–Kier alpha value is -2.01. The Kier molecular flexibility index (Phi) is 1.23. The minimum atomic E-state index is -3.83. The maximum atomic E-state index is 11.5. The molecular formula is C16H21N3O2. The van der Waals surface area contributed by atoms with Crippen molar-refractivity contribution in [3.63, 3.8) is 0 Å². The van der Waals surface area contributed by atoms with E-state index in [0.717, 1.165) is 0 Å². The van der Waals surface area contributed by atoms with Gasteiger partial charge in [0.15, 0.2) is 0 Å². The number of nitrogens with zero attached hydrogens (tertiary/aromatic N) is 1. The zero-order valence-corrected chi connectivity index (χ0v) is 10.5. The lowest BCUT2D eigenvalue weighted by atomic mass is 10.0. The number of ether oxygens (including phenoxy) is 1. The number of cyclic esters (lactones) is 1. The lowest BCUT2D eigenvalue weighted by Gasteiger charge is -2.09. The first-order valence-electron chi connectivity index (χ1n) is 13.9. The summed E-state index contributed by atoms with van der Waals surface area (Å²) in [5.74, 6) is 0. The van der Waals surface area contributed by atoms with Gasteiger partial charge in [0.25, 0.3) is 0 Å². The van der Waals surface area contributed by atoms with E-state index in [-0.39, 0.29) is 5.56 Å². The topological polar surface area (TPSA) is 57.4 Å². The van der Waals surface area contributed by atoms with Crippen LogP contribution in [0.4, 0.5) is 4.79 Å². The average molecular weight is 303 g/mol. The van der Waals surface area contributed by atoms with Crippen molar-refractivity contribution in [3.8, 4) is 0 Å². The molecule has 0 radical (unpaired) electrons. The van der Waals surface area contributed by atoms with Crippen molar-refractivity contribution in [1.29, 1.82) is 0 Å². The fraction of sp³-hybridized carbons (Fsp3) is 0.438. The lowest BCUT2D eigenvalue weighted by Crippen LogP contribution is -2.28. The van der Waals surface area contributed by atoms with Crippen LogP contribution in [-0.4, -0.2) is 49.0 Å². The second-order valence-corrected chi connectivity index (χ2v) is 4.21. The summed E-state index contributed by atoms with van der Waals surface area (Å²) >= 11 is 0. The highest BCUT2D eigenvalue weighted by molar-refractivity contribution is 5.84. The largest absolute Gasteiger partial charge is 0.447 e. The van der Waals surface area contributed by atoms with E-state index in [0.29, 0.717) is 0 Å². The van der Waals surface area contributed by atoms with Crippen molar-refractivity contribution in [2.45, 2.75) is 18.8 Å². The molecule has 5 heteroatoms. The number of hydrogen-bond acceptors (Lipinski definition) is 3. The van der Waals surface area contributed by atoms with Crippen LogP contribution in [0.5, 0.6) is 0 Å². The molecule has 0 unspecified atom stereocenters. The summed E-state index contributed by atoms with van der Waals surface area (Å²) in [6.07, 6.45) is -6.18. The van der Waals surface area contributed by atoms with E-state index in [9.17, 15) is 4.79 Å². The molecule has 1 atom stereocenters. The van der Waals surface area contributed by atoms with E-state index in [1.54, 1.807) is 0 Å². The molecule has 0 spiro atoms. The summed E-state index contributed by atoms with van der Waals surface area (Å²) in [5.41, 5.74) is -1.79. The van der Waals surface area contributed by atoms with Gasteiger partial charge in [0.2, 0.25) is 0 Å². The molecular weight excluding hydrogens is 266 g/mol. The number of benzene rings is 1. The van der Waals surface area contributed by atoms with Crippen LogP contribution < -0.4 is 5.32 Å². The second kappa shape index (κ2) is 5.77. The smallest absolute Gasteiger partial charge is 0.407 e. The Balaban J connectivity index is 2.30. The van der Waals surface area contributed by atoms with Crippen molar-refractivity contribution in [2.75, 3.05) is 27.0 Å². The van der Waals surface area contributed by atoms with Gasteiger partial charge in [-0.1, -0.05) is 6.04 Å². The number of fused-ring (bicyclic) bond motifs is 1. The highest BCUT2D eigenvalue weighted by Crippen LogP contribution is 2.21.